The fourth-order valence-electron chi connectivity index (χ4n) is 3.36. The highest BCUT2D eigenvalue weighted by Crippen LogP contribution is 2.21. The summed E-state index contributed by atoms with van der Waals surface area (Å²) in [5.41, 5.74) is 2.14. The van der Waals surface area contributed by atoms with Crippen molar-refractivity contribution in [2.75, 3.05) is 25.0 Å². The van der Waals surface area contributed by atoms with E-state index in [9.17, 15) is 4.79 Å². The first kappa shape index (κ1) is 17.4. The van der Waals surface area contributed by atoms with Gasteiger partial charge in [-0.05, 0) is 49.9 Å². The zero-order valence-corrected chi connectivity index (χ0v) is 15.1. The topological polar surface area (TPSA) is 49.3 Å². The first-order chi connectivity index (χ1) is 12.1. The van der Waals surface area contributed by atoms with Crippen LogP contribution in [0.1, 0.15) is 30.5 Å². The molecule has 0 bridgehead atoms. The molecule has 0 radical (unpaired) electrons. The molecular formula is C20H26N4O. The van der Waals surface area contributed by atoms with Gasteiger partial charge in [-0.2, -0.15) is 0 Å². The Morgan fingerprint density at radius 3 is 2.96 bits per heavy atom. The monoisotopic (exact) mass is 338 g/mol. The number of pyridine rings is 2. The first-order valence-electron chi connectivity index (χ1n) is 8.96. The van der Waals surface area contributed by atoms with Crippen LogP contribution in [0.5, 0.6) is 0 Å². The number of aromatic nitrogens is 2. The Morgan fingerprint density at radius 2 is 2.20 bits per heavy atom. The van der Waals surface area contributed by atoms with Crippen molar-refractivity contribution in [2.24, 2.45) is 0 Å². The summed E-state index contributed by atoms with van der Waals surface area (Å²) in [6.45, 7) is 3.87. The van der Waals surface area contributed by atoms with Crippen molar-refractivity contribution in [1.29, 1.82) is 0 Å². The Balaban J connectivity index is 1.57. The number of hydrogen-bond acceptors (Lipinski definition) is 4. The third kappa shape index (κ3) is 4.56. The van der Waals surface area contributed by atoms with Crippen molar-refractivity contribution >= 4 is 11.7 Å². The van der Waals surface area contributed by atoms with Gasteiger partial charge in [-0.15, -0.1) is 0 Å². The van der Waals surface area contributed by atoms with E-state index in [0.717, 1.165) is 49.4 Å². The fourth-order valence-corrected chi connectivity index (χ4v) is 3.36. The summed E-state index contributed by atoms with van der Waals surface area (Å²) in [6, 6.07) is 10.3. The van der Waals surface area contributed by atoms with Crippen molar-refractivity contribution in [3.05, 3.63) is 54.0 Å². The smallest absolute Gasteiger partial charge is 0.222 e. The quantitative estimate of drug-likeness (QED) is 0.841. The lowest BCUT2D eigenvalue weighted by Gasteiger charge is -2.38. The number of likely N-dealkylation sites (N-methyl/N-ethyl adjacent to an activating group) is 1. The molecule has 1 aliphatic rings. The van der Waals surface area contributed by atoms with Gasteiger partial charge in [0.1, 0.15) is 5.82 Å². The predicted molar refractivity (Wildman–Crippen MR) is 99.5 cm³/mol. The molecular weight excluding hydrogens is 312 g/mol. The molecule has 5 heteroatoms. The van der Waals surface area contributed by atoms with E-state index in [1.54, 1.807) is 6.20 Å². The first-order valence-corrected chi connectivity index (χ1v) is 8.96. The molecule has 132 valence electrons. The third-order valence-electron chi connectivity index (χ3n) is 4.89. The maximum absolute atomic E-state index is 12.6. The molecule has 0 saturated carbocycles. The average molecular weight is 338 g/mol. The molecule has 25 heavy (non-hydrogen) atoms. The lowest BCUT2D eigenvalue weighted by atomic mass is 10.0. The number of anilines is 1. The fraction of sp³-hybridized carbons (Fsp3) is 0.450. The van der Waals surface area contributed by atoms with E-state index in [-0.39, 0.29) is 11.9 Å². The van der Waals surface area contributed by atoms with Crippen LogP contribution in [-0.2, 0) is 11.2 Å². The Morgan fingerprint density at radius 1 is 1.32 bits per heavy atom. The molecule has 0 spiro atoms. The molecule has 1 saturated heterocycles. The Kier molecular flexibility index (Phi) is 5.64. The molecule has 3 heterocycles. The second kappa shape index (κ2) is 8.10. The summed E-state index contributed by atoms with van der Waals surface area (Å²) in [4.78, 5) is 25.5. The Bertz CT molecular complexity index is 704. The maximum atomic E-state index is 12.6. The number of piperidine rings is 1. The average Bonchev–Trinajstić information content (AvgIpc) is 2.66. The maximum Gasteiger partial charge on any atom is 0.222 e. The molecule has 3 rings (SSSR count). The summed E-state index contributed by atoms with van der Waals surface area (Å²) < 4.78 is 0. The molecule has 1 amide bonds. The van der Waals surface area contributed by atoms with Crippen LogP contribution in [0.4, 0.5) is 5.82 Å². The van der Waals surface area contributed by atoms with Crippen LogP contribution in [0.3, 0.4) is 0 Å². The van der Waals surface area contributed by atoms with Gasteiger partial charge in [-0.1, -0.05) is 12.1 Å². The van der Waals surface area contributed by atoms with Gasteiger partial charge in [0.25, 0.3) is 0 Å². The minimum absolute atomic E-state index is 0.202. The van der Waals surface area contributed by atoms with Gasteiger partial charge in [0, 0.05) is 50.7 Å². The highest BCUT2D eigenvalue weighted by atomic mass is 16.2. The van der Waals surface area contributed by atoms with Crippen molar-refractivity contribution in [2.45, 2.75) is 38.6 Å². The minimum atomic E-state index is 0.202. The van der Waals surface area contributed by atoms with Crippen LogP contribution in [0.2, 0.25) is 0 Å². The van der Waals surface area contributed by atoms with Crippen LogP contribution in [-0.4, -0.2) is 47.0 Å². The predicted octanol–water partition coefficient (Wildman–Crippen LogP) is 2.85. The SMILES string of the molecule is Cc1cccc(N2CCCC(N(C)C(=O)CCc3cccnc3)C2)n1. The van der Waals surface area contributed by atoms with E-state index in [2.05, 4.69) is 20.9 Å². The van der Waals surface area contributed by atoms with Crippen molar-refractivity contribution in [3.63, 3.8) is 0 Å². The molecule has 2 aromatic heterocycles. The zero-order valence-electron chi connectivity index (χ0n) is 15.1. The minimum Gasteiger partial charge on any atom is -0.355 e. The van der Waals surface area contributed by atoms with Crippen LogP contribution < -0.4 is 4.90 Å². The van der Waals surface area contributed by atoms with Gasteiger partial charge in [-0.25, -0.2) is 4.98 Å². The third-order valence-corrected chi connectivity index (χ3v) is 4.89. The van der Waals surface area contributed by atoms with E-state index in [1.807, 2.05) is 49.3 Å². The second-order valence-corrected chi connectivity index (χ2v) is 6.75. The Labute approximate surface area is 149 Å². The van der Waals surface area contributed by atoms with Crippen LogP contribution in [0.15, 0.2) is 42.7 Å². The van der Waals surface area contributed by atoms with Crippen molar-refractivity contribution in [1.82, 2.24) is 14.9 Å². The molecule has 1 aliphatic heterocycles. The highest BCUT2D eigenvalue weighted by molar-refractivity contribution is 5.76. The highest BCUT2D eigenvalue weighted by Gasteiger charge is 2.26. The van der Waals surface area contributed by atoms with E-state index < -0.39 is 0 Å². The summed E-state index contributed by atoms with van der Waals surface area (Å²) >= 11 is 0. The van der Waals surface area contributed by atoms with Crippen molar-refractivity contribution in [3.8, 4) is 0 Å². The second-order valence-electron chi connectivity index (χ2n) is 6.75. The lowest BCUT2D eigenvalue weighted by Crippen LogP contribution is -2.49. The Hall–Kier alpha value is -2.43. The lowest BCUT2D eigenvalue weighted by molar-refractivity contribution is -0.132. The van der Waals surface area contributed by atoms with E-state index in [0.29, 0.717) is 6.42 Å². The summed E-state index contributed by atoms with van der Waals surface area (Å²) in [6.07, 6.45) is 7.00. The van der Waals surface area contributed by atoms with Gasteiger partial charge >= 0.3 is 0 Å². The van der Waals surface area contributed by atoms with Crippen LogP contribution >= 0.6 is 0 Å². The summed E-state index contributed by atoms with van der Waals surface area (Å²) in [7, 11) is 1.93. The number of carbonyl (C=O) groups is 1. The standard InChI is InChI=1S/C20H26N4O/c1-16-6-3-9-19(22-16)24-13-5-8-18(15-24)23(2)20(25)11-10-17-7-4-12-21-14-17/h3-4,6-7,9,12,14,18H,5,8,10-11,13,15H2,1-2H3. The summed E-state index contributed by atoms with van der Waals surface area (Å²) in [5, 5.41) is 0. The molecule has 2 aromatic rings. The van der Waals surface area contributed by atoms with E-state index in [1.165, 1.54) is 0 Å². The van der Waals surface area contributed by atoms with Gasteiger partial charge in [0.05, 0.1) is 0 Å². The number of amides is 1. The molecule has 1 fully saturated rings. The van der Waals surface area contributed by atoms with Crippen LogP contribution in [0, 0.1) is 6.92 Å². The van der Waals surface area contributed by atoms with Gasteiger partial charge in [0.15, 0.2) is 0 Å². The molecule has 0 aliphatic carbocycles. The molecule has 1 unspecified atom stereocenters. The van der Waals surface area contributed by atoms with Crippen molar-refractivity contribution < 1.29 is 4.79 Å². The van der Waals surface area contributed by atoms with E-state index >= 15 is 0 Å². The zero-order chi connectivity index (χ0) is 17.6. The van der Waals surface area contributed by atoms with Crippen LogP contribution in [0.25, 0.3) is 0 Å². The van der Waals surface area contributed by atoms with E-state index in [4.69, 9.17) is 0 Å². The number of rotatable bonds is 5. The number of aryl methyl sites for hydroxylation is 2. The molecule has 0 N–H and O–H groups in total. The molecule has 1 atom stereocenters. The number of nitrogens with zero attached hydrogens (tertiary/aromatic N) is 4. The van der Waals surface area contributed by atoms with Gasteiger partial charge in [-0.3, -0.25) is 9.78 Å². The van der Waals surface area contributed by atoms with Gasteiger partial charge < -0.3 is 9.80 Å². The largest absolute Gasteiger partial charge is 0.355 e. The number of carbonyl (C=O) groups excluding carboxylic acids is 1. The number of hydrogen-bond donors (Lipinski definition) is 0. The molecule has 5 nitrogen and oxygen atoms in total. The summed E-state index contributed by atoms with van der Waals surface area (Å²) in [5.74, 6) is 1.22. The normalized spacial score (nSPS) is 17.4. The molecule has 0 aromatic carbocycles. The van der Waals surface area contributed by atoms with Gasteiger partial charge in [0.2, 0.25) is 5.91 Å².